The zero-order valence-electron chi connectivity index (χ0n) is 10.2. The Kier molecular flexibility index (Phi) is 2.26. The number of aromatic nitrogens is 1. The fourth-order valence-electron chi connectivity index (χ4n) is 1.96. The fraction of sp³-hybridized carbons (Fsp3) is 0.500. The molecule has 1 saturated carbocycles. The summed E-state index contributed by atoms with van der Waals surface area (Å²) < 4.78 is 5.72. The number of fused-ring (bicyclic) bond motifs is 1. The normalized spacial score (nSPS) is 16.6. The first-order chi connectivity index (χ1) is 8.10. The summed E-state index contributed by atoms with van der Waals surface area (Å²) in [6, 6.07) is 6.00. The largest absolute Gasteiger partial charge is 0.440 e. The molecule has 3 rings (SSSR count). The average Bonchev–Trinajstić information content (AvgIpc) is 3.08. The Bertz CT molecular complexity index is 552. The molecule has 0 atom stereocenters. The maximum Gasteiger partial charge on any atom is 0.198 e. The Morgan fingerprint density at radius 2 is 2.18 bits per heavy atom. The van der Waals surface area contributed by atoms with E-state index in [9.17, 15) is 5.11 Å². The third-order valence-corrected chi connectivity index (χ3v) is 3.51. The van der Waals surface area contributed by atoms with Crippen molar-refractivity contribution in [2.24, 2.45) is 0 Å². The second kappa shape index (κ2) is 3.57. The molecule has 0 unspecified atom stereocenters. The van der Waals surface area contributed by atoms with E-state index in [1.165, 1.54) is 12.8 Å². The highest BCUT2D eigenvalue weighted by atomic mass is 16.3. The van der Waals surface area contributed by atoms with Crippen LogP contribution < -0.4 is 0 Å². The van der Waals surface area contributed by atoms with Gasteiger partial charge in [-0.05, 0) is 30.5 Å². The van der Waals surface area contributed by atoms with E-state index in [-0.39, 0.29) is 12.0 Å². The van der Waals surface area contributed by atoms with Crippen molar-refractivity contribution < 1.29 is 9.52 Å². The Labute approximate surface area is 100 Å². The molecule has 3 nitrogen and oxygen atoms in total. The van der Waals surface area contributed by atoms with Crippen molar-refractivity contribution >= 4 is 11.1 Å². The molecule has 0 spiro atoms. The molecule has 1 aromatic heterocycles. The lowest BCUT2D eigenvalue weighted by molar-refractivity contribution is 0.218. The molecule has 3 heteroatoms. The van der Waals surface area contributed by atoms with Crippen LogP contribution in [0.3, 0.4) is 0 Å². The van der Waals surface area contributed by atoms with Crippen molar-refractivity contribution in [1.29, 1.82) is 0 Å². The van der Waals surface area contributed by atoms with Gasteiger partial charge >= 0.3 is 0 Å². The molecule has 90 valence electrons. The number of aliphatic hydroxyl groups excluding tert-OH is 1. The maximum atomic E-state index is 9.38. The van der Waals surface area contributed by atoms with Gasteiger partial charge in [-0.25, -0.2) is 4.98 Å². The second-order valence-electron chi connectivity index (χ2n) is 5.55. The van der Waals surface area contributed by atoms with E-state index in [2.05, 4.69) is 4.98 Å². The van der Waals surface area contributed by atoms with Crippen LogP contribution in [0.25, 0.3) is 11.1 Å². The minimum Gasteiger partial charge on any atom is -0.440 e. The van der Waals surface area contributed by atoms with Crippen LogP contribution in [0.15, 0.2) is 22.6 Å². The highest BCUT2D eigenvalue weighted by Crippen LogP contribution is 2.40. The molecule has 17 heavy (non-hydrogen) atoms. The van der Waals surface area contributed by atoms with Gasteiger partial charge < -0.3 is 9.52 Å². The van der Waals surface area contributed by atoms with Gasteiger partial charge in [0.05, 0.1) is 6.61 Å². The number of rotatable bonds is 3. The summed E-state index contributed by atoms with van der Waals surface area (Å²) in [5, 5.41) is 9.38. The monoisotopic (exact) mass is 231 g/mol. The number of aliphatic hydroxyl groups is 1. The lowest BCUT2D eigenvalue weighted by Crippen LogP contribution is -2.21. The van der Waals surface area contributed by atoms with E-state index in [1.807, 2.05) is 32.0 Å². The van der Waals surface area contributed by atoms with E-state index in [4.69, 9.17) is 4.42 Å². The van der Waals surface area contributed by atoms with Crippen LogP contribution in [0.1, 0.15) is 44.1 Å². The van der Waals surface area contributed by atoms with E-state index < -0.39 is 0 Å². The molecule has 0 aliphatic heterocycles. The number of oxazole rings is 1. The van der Waals surface area contributed by atoms with Gasteiger partial charge in [0.1, 0.15) is 5.52 Å². The van der Waals surface area contributed by atoms with Crippen molar-refractivity contribution in [2.75, 3.05) is 6.61 Å². The highest BCUT2D eigenvalue weighted by molar-refractivity contribution is 5.74. The van der Waals surface area contributed by atoms with E-state index in [0.29, 0.717) is 5.92 Å². The summed E-state index contributed by atoms with van der Waals surface area (Å²) in [6.45, 7) is 4.18. The summed E-state index contributed by atoms with van der Waals surface area (Å²) in [5.41, 5.74) is 2.63. The van der Waals surface area contributed by atoms with Gasteiger partial charge in [0.25, 0.3) is 0 Å². The van der Waals surface area contributed by atoms with E-state index >= 15 is 0 Å². The van der Waals surface area contributed by atoms with Gasteiger partial charge in [-0.1, -0.05) is 19.9 Å². The Balaban J connectivity index is 2.05. The van der Waals surface area contributed by atoms with E-state index in [0.717, 1.165) is 22.6 Å². The third-order valence-electron chi connectivity index (χ3n) is 3.51. The number of hydrogen-bond acceptors (Lipinski definition) is 3. The van der Waals surface area contributed by atoms with Gasteiger partial charge in [-0.3, -0.25) is 0 Å². The minimum absolute atomic E-state index is 0.131. The first kappa shape index (κ1) is 10.8. The molecule has 1 N–H and O–H groups in total. The molecular weight excluding hydrogens is 214 g/mol. The summed E-state index contributed by atoms with van der Waals surface area (Å²) >= 11 is 0. The van der Waals surface area contributed by atoms with Crippen molar-refractivity contribution in [2.45, 2.75) is 38.0 Å². The van der Waals surface area contributed by atoms with Crippen LogP contribution in [0, 0.1) is 0 Å². The van der Waals surface area contributed by atoms with Crippen LogP contribution in [0.5, 0.6) is 0 Å². The molecule has 0 radical (unpaired) electrons. The van der Waals surface area contributed by atoms with Gasteiger partial charge in [0, 0.05) is 11.3 Å². The van der Waals surface area contributed by atoms with Crippen LogP contribution >= 0.6 is 0 Å². The van der Waals surface area contributed by atoms with Crippen molar-refractivity contribution in [3.63, 3.8) is 0 Å². The lowest BCUT2D eigenvalue weighted by atomic mass is 9.85. The summed E-state index contributed by atoms with van der Waals surface area (Å²) in [4.78, 5) is 4.53. The number of hydrogen-bond donors (Lipinski definition) is 1. The van der Waals surface area contributed by atoms with Gasteiger partial charge in [-0.15, -0.1) is 0 Å². The van der Waals surface area contributed by atoms with Crippen molar-refractivity contribution in [3.8, 4) is 0 Å². The Morgan fingerprint density at radius 1 is 1.41 bits per heavy atom. The molecule has 1 aromatic carbocycles. The summed E-state index contributed by atoms with van der Waals surface area (Å²) in [5.74, 6) is 1.41. The van der Waals surface area contributed by atoms with E-state index in [1.54, 1.807) is 0 Å². The molecule has 1 aliphatic carbocycles. The maximum absolute atomic E-state index is 9.38. The molecule has 1 aliphatic rings. The van der Waals surface area contributed by atoms with Crippen LogP contribution in [-0.4, -0.2) is 16.7 Å². The lowest BCUT2D eigenvalue weighted by Gasteiger charge is -2.21. The van der Waals surface area contributed by atoms with Crippen molar-refractivity contribution in [3.05, 3.63) is 29.7 Å². The molecule has 1 fully saturated rings. The predicted octanol–water partition coefficient (Wildman–Crippen LogP) is 2.98. The third kappa shape index (κ3) is 1.84. The number of nitrogens with zero attached hydrogens (tertiary/aromatic N) is 1. The van der Waals surface area contributed by atoms with Crippen LogP contribution in [-0.2, 0) is 5.41 Å². The Hall–Kier alpha value is -1.35. The van der Waals surface area contributed by atoms with Gasteiger partial charge in [0.15, 0.2) is 11.5 Å². The van der Waals surface area contributed by atoms with Crippen LogP contribution in [0.2, 0.25) is 0 Å². The predicted molar refractivity (Wildman–Crippen MR) is 66.1 cm³/mol. The SMILES string of the molecule is CC(C)(CO)c1ccc2oc(C3CC3)nc2c1. The molecule has 1 heterocycles. The molecule has 2 aromatic rings. The molecule has 0 saturated heterocycles. The zero-order chi connectivity index (χ0) is 12.0. The molecule has 0 amide bonds. The molecular formula is C14H17NO2. The second-order valence-corrected chi connectivity index (χ2v) is 5.55. The van der Waals surface area contributed by atoms with Gasteiger partial charge in [0.2, 0.25) is 0 Å². The molecule has 0 bridgehead atoms. The fourth-order valence-corrected chi connectivity index (χ4v) is 1.96. The smallest absolute Gasteiger partial charge is 0.198 e. The topological polar surface area (TPSA) is 46.3 Å². The minimum atomic E-state index is -0.229. The standard InChI is InChI=1S/C14H17NO2/c1-14(2,8-16)10-5-6-12-11(7-10)15-13(17-12)9-3-4-9/h5-7,9,16H,3-4,8H2,1-2H3. The highest BCUT2D eigenvalue weighted by Gasteiger charge is 2.29. The van der Waals surface area contributed by atoms with Crippen molar-refractivity contribution in [1.82, 2.24) is 4.98 Å². The quantitative estimate of drug-likeness (QED) is 0.883. The zero-order valence-corrected chi connectivity index (χ0v) is 10.2. The Morgan fingerprint density at radius 3 is 2.82 bits per heavy atom. The first-order valence-electron chi connectivity index (χ1n) is 6.12. The average molecular weight is 231 g/mol. The summed E-state index contributed by atoms with van der Waals surface area (Å²) in [7, 11) is 0. The number of benzene rings is 1. The van der Waals surface area contributed by atoms with Gasteiger partial charge in [-0.2, -0.15) is 0 Å². The van der Waals surface area contributed by atoms with Crippen LogP contribution in [0.4, 0.5) is 0 Å². The summed E-state index contributed by atoms with van der Waals surface area (Å²) in [6.07, 6.45) is 2.39. The first-order valence-corrected chi connectivity index (χ1v) is 6.12.